The van der Waals surface area contributed by atoms with Gasteiger partial charge in [0.1, 0.15) is 10.6 Å². The normalized spacial score (nSPS) is 11.1. The van der Waals surface area contributed by atoms with Gasteiger partial charge in [0.05, 0.1) is 11.1 Å². The molecule has 0 aliphatic heterocycles. The second-order valence-electron chi connectivity index (χ2n) is 4.14. The minimum atomic E-state index is -0.462. The number of hydrogen-bond acceptors (Lipinski definition) is 3. The first-order valence-corrected chi connectivity index (χ1v) is 6.86. The van der Waals surface area contributed by atoms with Crippen molar-refractivity contribution in [1.29, 1.82) is 0 Å². The lowest BCUT2D eigenvalue weighted by Gasteiger charge is -2.10. The standard InChI is InChI=1S/C13H9FN2OS2/c1-7-3-2-4-9(14)10(7)16-12(17)8-5-6-19-11(8)15-13(16)18/h2-6H,1H3,(H,15,18). The van der Waals surface area contributed by atoms with Crippen molar-refractivity contribution in [3.63, 3.8) is 0 Å². The number of halogens is 1. The molecular formula is C13H9FN2OS2. The van der Waals surface area contributed by atoms with E-state index in [1.165, 1.54) is 22.0 Å². The number of rotatable bonds is 1. The highest BCUT2D eigenvalue weighted by Gasteiger charge is 2.13. The van der Waals surface area contributed by atoms with Crippen molar-refractivity contribution in [3.05, 3.63) is 56.2 Å². The van der Waals surface area contributed by atoms with Crippen molar-refractivity contribution in [2.45, 2.75) is 6.92 Å². The molecule has 2 heterocycles. The van der Waals surface area contributed by atoms with Crippen LogP contribution >= 0.6 is 23.6 Å². The molecular weight excluding hydrogens is 283 g/mol. The van der Waals surface area contributed by atoms with E-state index in [1.54, 1.807) is 30.5 Å². The van der Waals surface area contributed by atoms with Gasteiger partial charge in [-0.2, -0.15) is 0 Å². The molecule has 0 atom stereocenters. The maximum absolute atomic E-state index is 14.0. The summed E-state index contributed by atoms with van der Waals surface area (Å²) in [4.78, 5) is 16.1. The summed E-state index contributed by atoms with van der Waals surface area (Å²) >= 11 is 6.58. The number of aromatic nitrogens is 2. The maximum Gasteiger partial charge on any atom is 0.267 e. The van der Waals surface area contributed by atoms with Crippen molar-refractivity contribution in [2.75, 3.05) is 0 Å². The molecule has 3 nitrogen and oxygen atoms in total. The summed E-state index contributed by atoms with van der Waals surface area (Å²) in [6, 6.07) is 6.38. The molecule has 96 valence electrons. The number of hydrogen-bond donors (Lipinski definition) is 1. The Balaban J connectivity index is 2.50. The Hall–Kier alpha value is -1.79. The third kappa shape index (κ3) is 1.84. The molecule has 1 N–H and O–H groups in total. The van der Waals surface area contributed by atoms with E-state index in [0.717, 1.165) is 0 Å². The predicted octanol–water partition coefficient (Wildman–Crippen LogP) is 3.56. The van der Waals surface area contributed by atoms with Crippen LogP contribution in [0.15, 0.2) is 34.4 Å². The van der Waals surface area contributed by atoms with Crippen LogP contribution in [-0.2, 0) is 0 Å². The summed E-state index contributed by atoms with van der Waals surface area (Å²) in [5.41, 5.74) is 0.575. The third-order valence-corrected chi connectivity index (χ3v) is 4.05. The van der Waals surface area contributed by atoms with Gasteiger partial charge >= 0.3 is 0 Å². The lowest BCUT2D eigenvalue weighted by Crippen LogP contribution is -2.21. The number of para-hydroxylation sites is 1. The number of thiophene rings is 1. The molecule has 0 aliphatic rings. The molecule has 0 saturated heterocycles. The number of fused-ring (bicyclic) bond motifs is 1. The Morgan fingerprint density at radius 3 is 2.89 bits per heavy atom. The van der Waals surface area contributed by atoms with Gasteiger partial charge in [-0.05, 0) is 42.2 Å². The van der Waals surface area contributed by atoms with Crippen LogP contribution in [0.1, 0.15) is 5.56 Å². The van der Waals surface area contributed by atoms with E-state index < -0.39 is 5.82 Å². The molecule has 0 radical (unpaired) electrons. The lowest BCUT2D eigenvalue weighted by atomic mass is 10.2. The zero-order valence-corrected chi connectivity index (χ0v) is 11.6. The minimum absolute atomic E-state index is 0.202. The van der Waals surface area contributed by atoms with Gasteiger partial charge < -0.3 is 4.98 Å². The van der Waals surface area contributed by atoms with Gasteiger partial charge in [-0.3, -0.25) is 4.79 Å². The fraction of sp³-hybridized carbons (Fsp3) is 0.0769. The molecule has 0 unspecified atom stereocenters. The fourth-order valence-corrected chi connectivity index (χ4v) is 3.17. The second-order valence-corrected chi connectivity index (χ2v) is 5.44. The summed E-state index contributed by atoms with van der Waals surface area (Å²) in [6.45, 7) is 1.75. The third-order valence-electron chi connectivity index (χ3n) is 2.93. The average molecular weight is 292 g/mol. The molecule has 0 fully saturated rings. The minimum Gasteiger partial charge on any atom is -0.323 e. The molecule has 6 heteroatoms. The molecule has 1 aromatic carbocycles. The summed E-state index contributed by atoms with van der Waals surface area (Å²) in [5, 5.41) is 2.32. The van der Waals surface area contributed by atoms with Gasteiger partial charge in [0.2, 0.25) is 0 Å². The SMILES string of the molecule is Cc1cccc(F)c1-n1c(=S)[nH]c2sccc2c1=O. The maximum atomic E-state index is 14.0. The van der Waals surface area contributed by atoms with E-state index in [4.69, 9.17) is 12.2 Å². The quantitative estimate of drug-likeness (QED) is 0.696. The van der Waals surface area contributed by atoms with Crippen LogP contribution in [0.4, 0.5) is 4.39 Å². The van der Waals surface area contributed by atoms with Crippen LogP contribution in [0.2, 0.25) is 0 Å². The van der Waals surface area contributed by atoms with E-state index in [-0.39, 0.29) is 16.0 Å². The van der Waals surface area contributed by atoms with Gasteiger partial charge in [-0.15, -0.1) is 11.3 Å². The molecule has 3 rings (SSSR count). The fourth-order valence-electron chi connectivity index (χ4n) is 2.05. The van der Waals surface area contributed by atoms with Crippen LogP contribution < -0.4 is 5.56 Å². The van der Waals surface area contributed by atoms with E-state index in [2.05, 4.69) is 4.98 Å². The van der Waals surface area contributed by atoms with Gasteiger partial charge in [-0.25, -0.2) is 8.96 Å². The van der Waals surface area contributed by atoms with Crippen molar-refractivity contribution in [2.24, 2.45) is 0 Å². The summed E-state index contributed by atoms with van der Waals surface area (Å²) < 4.78 is 15.4. The Bertz CT molecular complexity index is 871. The molecule has 0 spiro atoms. The largest absolute Gasteiger partial charge is 0.323 e. The average Bonchev–Trinajstić information content (AvgIpc) is 2.81. The van der Waals surface area contributed by atoms with E-state index >= 15 is 0 Å². The Labute approximate surface area is 117 Å². The topological polar surface area (TPSA) is 37.8 Å². The molecule has 0 bridgehead atoms. The highest BCUT2D eigenvalue weighted by molar-refractivity contribution is 7.71. The van der Waals surface area contributed by atoms with E-state index in [9.17, 15) is 9.18 Å². The van der Waals surface area contributed by atoms with E-state index in [0.29, 0.717) is 15.8 Å². The summed E-state index contributed by atoms with van der Waals surface area (Å²) in [6.07, 6.45) is 0. The number of aromatic amines is 1. The van der Waals surface area contributed by atoms with Gasteiger partial charge in [0.25, 0.3) is 5.56 Å². The number of aryl methyl sites for hydroxylation is 1. The molecule has 0 amide bonds. The molecule has 3 aromatic rings. The number of nitrogens with zero attached hydrogens (tertiary/aromatic N) is 1. The number of nitrogens with one attached hydrogen (secondary N) is 1. The highest BCUT2D eigenvalue weighted by atomic mass is 32.1. The monoisotopic (exact) mass is 292 g/mol. The predicted molar refractivity (Wildman–Crippen MR) is 77.3 cm³/mol. The molecule has 2 aromatic heterocycles. The highest BCUT2D eigenvalue weighted by Crippen LogP contribution is 2.20. The van der Waals surface area contributed by atoms with Gasteiger partial charge in [0, 0.05) is 0 Å². The van der Waals surface area contributed by atoms with Crippen LogP contribution in [0.25, 0.3) is 15.9 Å². The van der Waals surface area contributed by atoms with Crippen LogP contribution in [0.3, 0.4) is 0 Å². The van der Waals surface area contributed by atoms with Crippen LogP contribution in [0, 0.1) is 17.5 Å². The molecule has 0 aliphatic carbocycles. The second kappa shape index (κ2) is 4.40. The first kappa shape index (κ1) is 12.3. The number of benzene rings is 1. The van der Waals surface area contributed by atoms with E-state index in [1.807, 2.05) is 0 Å². The molecule has 19 heavy (non-hydrogen) atoms. The zero-order chi connectivity index (χ0) is 13.6. The summed E-state index contributed by atoms with van der Waals surface area (Å²) in [5.74, 6) is -0.462. The van der Waals surface area contributed by atoms with Gasteiger partial charge in [0.15, 0.2) is 4.77 Å². The van der Waals surface area contributed by atoms with Crippen LogP contribution in [0.5, 0.6) is 0 Å². The first-order chi connectivity index (χ1) is 9.09. The van der Waals surface area contributed by atoms with Crippen LogP contribution in [-0.4, -0.2) is 9.55 Å². The first-order valence-electron chi connectivity index (χ1n) is 5.57. The van der Waals surface area contributed by atoms with Crippen molar-refractivity contribution in [1.82, 2.24) is 9.55 Å². The Morgan fingerprint density at radius 2 is 2.16 bits per heavy atom. The van der Waals surface area contributed by atoms with Crippen molar-refractivity contribution < 1.29 is 4.39 Å². The smallest absolute Gasteiger partial charge is 0.267 e. The lowest BCUT2D eigenvalue weighted by molar-refractivity contribution is 0.613. The Morgan fingerprint density at radius 1 is 1.37 bits per heavy atom. The molecule has 0 saturated carbocycles. The Kier molecular flexibility index (Phi) is 2.83. The number of H-pyrrole nitrogens is 1. The van der Waals surface area contributed by atoms with Gasteiger partial charge in [-0.1, -0.05) is 12.1 Å². The zero-order valence-electron chi connectivity index (χ0n) is 9.94. The summed E-state index contributed by atoms with van der Waals surface area (Å²) in [7, 11) is 0. The van der Waals surface area contributed by atoms with Crippen molar-refractivity contribution in [3.8, 4) is 5.69 Å². The van der Waals surface area contributed by atoms with Crippen molar-refractivity contribution >= 4 is 33.8 Å².